The number of nitrogens with zero attached hydrogens (tertiary/aromatic N) is 1. The van der Waals surface area contributed by atoms with Crippen LogP contribution in [0.4, 0.5) is 4.79 Å². The second-order valence-corrected chi connectivity index (χ2v) is 9.76. The van der Waals surface area contributed by atoms with E-state index in [1.54, 1.807) is 7.11 Å². The van der Waals surface area contributed by atoms with Crippen molar-refractivity contribution in [2.45, 2.75) is 71.4 Å². The molecule has 2 aliphatic rings. The van der Waals surface area contributed by atoms with Gasteiger partial charge in [0.05, 0.1) is 7.11 Å². The summed E-state index contributed by atoms with van der Waals surface area (Å²) in [7, 11) is 1.69. The normalized spacial score (nSPS) is 20.6. The maximum absolute atomic E-state index is 12.5. The lowest BCUT2D eigenvalue weighted by Gasteiger charge is -2.39. The Bertz CT molecular complexity index is 662. The Balaban J connectivity index is 1.36. The predicted octanol–water partition coefficient (Wildman–Crippen LogP) is 4.99. The molecule has 5 heteroatoms. The fraction of sp³-hybridized carbons (Fsp3) is 0.708. The van der Waals surface area contributed by atoms with Gasteiger partial charge in [-0.15, -0.1) is 0 Å². The molecule has 0 bridgehead atoms. The Morgan fingerprint density at radius 3 is 2.52 bits per heavy atom. The topological polar surface area (TPSA) is 50.8 Å². The summed E-state index contributed by atoms with van der Waals surface area (Å²) in [5.74, 6) is 1.53. The summed E-state index contributed by atoms with van der Waals surface area (Å²) in [5.41, 5.74) is 1.38. The smallest absolute Gasteiger partial charge is 0.410 e. The zero-order valence-corrected chi connectivity index (χ0v) is 18.6. The molecular weight excluding hydrogens is 364 g/mol. The number of methoxy groups -OCH3 is 1. The molecule has 162 valence electrons. The maximum Gasteiger partial charge on any atom is 0.410 e. The summed E-state index contributed by atoms with van der Waals surface area (Å²) >= 11 is 0. The van der Waals surface area contributed by atoms with Gasteiger partial charge in [0.15, 0.2) is 0 Å². The number of hydrogen-bond acceptors (Lipinski definition) is 4. The number of nitrogens with one attached hydrogen (secondary N) is 1. The Hall–Kier alpha value is -1.75. The van der Waals surface area contributed by atoms with Gasteiger partial charge in [0, 0.05) is 19.6 Å². The van der Waals surface area contributed by atoms with Crippen LogP contribution in [0.25, 0.3) is 0 Å². The van der Waals surface area contributed by atoms with Crippen molar-refractivity contribution in [1.29, 1.82) is 0 Å². The van der Waals surface area contributed by atoms with Gasteiger partial charge in [-0.05, 0) is 88.4 Å². The molecule has 1 spiro atoms. The van der Waals surface area contributed by atoms with Crippen molar-refractivity contribution in [2.75, 3.05) is 26.7 Å². The minimum atomic E-state index is -0.420. The van der Waals surface area contributed by atoms with Crippen LogP contribution in [-0.2, 0) is 11.3 Å². The third-order valence-electron chi connectivity index (χ3n) is 6.37. The first-order valence-electron chi connectivity index (χ1n) is 11.1. The van der Waals surface area contributed by atoms with Crippen LogP contribution in [0, 0.1) is 11.3 Å². The molecule has 1 aromatic carbocycles. The van der Waals surface area contributed by atoms with Crippen LogP contribution < -0.4 is 10.1 Å². The zero-order valence-electron chi connectivity index (χ0n) is 18.6. The predicted molar refractivity (Wildman–Crippen MR) is 116 cm³/mol. The van der Waals surface area contributed by atoms with E-state index in [0.29, 0.717) is 11.3 Å². The van der Waals surface area contributed by atoms with Crippen molar-refractivity contribution >= 4 is 6.09 Å². The molecule has 1 amide bonds. The lowest BCUT2D eigenvalue weighted by atomic mass is 9.79. The number of benzene rings is 1. The number of carbonyl (C=O) groups excluding carboxylic acids is 1. The van der Waals surface area contributed by atoms with Crippen molar-refractivity contribution in [3.8, 4) is 5.75 Å². The molecule has 1 saturated heterocycles. The van der Waals surface area contributed by atoms with Crippen molar-refractivity contribution in [1.82, 2.24) is 10.2 Å². The number of likely N-dealkylation sites (tertiary alicyclic amines) is 1. The minimum Gasteiger partial charge on any atom is -0.497 e. The first-order chi connectivity index (χ1) is 13.8. The third kappa shape index (κ3) is 6.36. The fourth-order valence-corrected chi connectivity index (χ4v) is 4.44. The molecule has 1 atom stereocenters. The molecule has 1 saturated carbocycles. The van der Waals surface area contributed by atoms with E-state index in [1.165, 1.54) is 37.7 Å². The molecule has 5 nitrogen and oxygen atoms in total. The van der Waals surface area contributed by atoms with Gasteiger partial charge in [-0.25, -0.2) is 4.79 Å². The highest BCUT2D eigenvalue weighted by Crippen LogP contribution is 2.58. The number of amides is 1. The van der Waals surface area contributed by atoms with Crippen molar-refractivity contribution in [3.05, 3.63) is 29.8 Å². The summed E-state index contributed by atoms with van der Waals surface area (Å²) < 4.78 is 10.8. The van der Waals surface area contributed by atoms with Crippen LogP contribution in [0.1, 0.15) is 64.9 Å². The van der Waals surface area contributed by atoms with Crippen LogP contribution >= 0.6 is 0 Å². The van der Waals surface area contributed by atoms with Crippen LogP contribution in [-0.4, -0.2) is 43.3 Å². The monoisotopic (exact) mass is 402 g/mol. The van der Waals surface area contributed by atoms with Gasteiger partial charge in [-0.3, -0.25) is 0 Å². The molecule has 1 aliphatic heterocycles. The number of ether oxygens (including phenoxy) is 2. The van der Waals surface area contributed by atoms with Crippen LogP contribution in [0.2, 0.25) is 0 Å². The lowest BCUT2D eigenvalue weighted by Crippen LogP contribution is -2.46. The van der Waals surface area contributed by atoms with E-state index >= 15 is 0 Å². The van der Waals surface area contributed by atoms with Gasteiger partial charge >= 0.3 is 6.09 Å². The van der Waals surface area contributed by atoms with E-state index in [9.17, 15) is 4.79 Å². The van der Waals surface area contributed by atoms with Crippen LogP contribution in [0.3, 0.4) is 0 Å². The number of hydrogen-bond donors (Lipinski definition) is 1. The molecule has 29 heavy (non-hydrogen) atoms. The van der Waals surface area contributed by atoms with Crippen LogP contribution in [0.15, 0.2) is 24.3 Å². The van der Waals surface area contributed by atoms with E-state index in [2.05, 4.69) is 17.4 Å². The summed E-state index contributed by atoms with van der Waals surface area (Å²) in [6.45, 7) is 9.46. The summed E-state index contributed by atoms with van der Waals surface area (Å²) in [6.07, 6.45) is 7.29. The molecule has 2 fully saturated rings. The highest BCUT2D eigenvalue weighted by molar-refractivity contribution is 5.68. The molecule has 1 aliphatic carbocycles. The first kappa shape index (κ1) is 21.9. The second-order valence-electron chi connectivity index (χ2n) is 9.76. The van der Waals surface area contributed by atoms with E-state index in [1.807, 2.05) is 37.8 Å². The Kier molecular flexibility index (Phi) is 7.10. The Morgan fingerprint density at radius 1 is 1.17 bits per heavy atom. The average molecular weight is 403 g/mol. The minimum absolute atomic E-state index is 0.140. The van der Waals surface area contributed by atoms with Crippen molar-refractivity contribution in [2.24, 2.45) is 11.3 Å². The van der Waals surface area contributed by atoms with E-state index in [0.717, 1.165) is 38.3 Å². The first-order valence-corrected chi connectivity index (χ1v) is 11.1. The Labute approximate surface area is 176 Å². The molecule has 0 radical (unpaired) electrons. The largest absolute Gasteiger partial charge is 0.497 e. The highest BCUT2D eigenvalue weighted by atomic mass is 16.6. The van der Waals surface area contributed by atoms with Crippen molar-refractivity contribution in [3.63, 3.8) is 0 Å². The molecule has 1 aromatic rings. The summed E-state index contributed by atoms with van der Waals surface area (Å²) in [4.78, 5) is 14.4. The van der Waals surface area contributed by atoms with Crippen LogP contribution in [0.5, 0.6) is 5.75 Å². The summed E-state index contributed by atoms with van der Waals surface area (Å²) in [5, 5.41) is 3.54. The quantitative estimate of drug-likeness (QED) is 0.622. The van der Waals surface area contributed by atoms with Gasteiger partial charge in [0.25, 0.3) is 0 Å². The van der Waals surface area contributed by atoms with Crippen molar-refractivity contribution < 1.29 is 14.3 Å². The molecule has 1 unspecified atom stereocenters. The van der Waals surface area contributed by atoms with E-state index < -0.39 is 5.60 Å². The Morgan fingerprint density at radius 2 is 1.90 bits per heavy atom. The van der Waals surface area contributed by atoms with Gasteiger partial charge < -0.3 is 19.7 Å². The highest BCUT2D eigenvalue weighted by Gasteiger charge is 2.52. The van der Waals surface area contributed by atoms with Gasteiger partial charge in [0.2, 0.25) is 0 Å². The second kappa shape index (κ2) is 9.38. The number of piperidine rings is 1. The van der Waals surface area contributed by atoms with Gasteiger partial charge in [-0.1, -0.05) is 18.6 Å². The van der Waals surface area contributed by atoms with E-state index in [-0.39, 0.29) is 6.09 Å². The van der Waals surface area contributed by atoms with E-state index in [4.69, 9.17) is 9.47 Å². The molecule has 3 rings (SSSR count). The average Bonchev–Trinajstić information content (AvgIpc) is 3.45. The molecule has 0 aromatic heterocycles. The number of rotatable bonds is 8. The standard InChI is InChI=1S/C24H38N2O3/c1-23(2,3)29-22(27)26-16-14-24(12-13-24)20(18-26)7-5-6-15-25-17-19-8-10-21(28-4)11-9-19/h8-11,20,25H,5-7,12-18H2,1-4H3. The zero-order chi connectivity index (χ0) is 20.9. The lowest BCUT2D eigenvalue weighted by molar-refractivity contribution is 0.00655. The SMILES string of the molecule is COc1ccc(CNCCCCC2CN(C(=O)OC(C)(C)C)CCC23CC3)cc1. The molecule has 1 N–H and O–H groups in total. The number of unbranched alkanes of at least 4 members (excludes halogenated alkanes) is 1. The fourth-order valence-electron chi connectivity index (χ4n) is 4.44. The number of carbonyl (C=O) groups is 1. The van der Waals surface area contributed by atoms with Gasteiger partial charge in [0.1, 0.15) is 11.4 Å². The van der Waals surface area contributed by atoms with Gasteiger partial charge in [-0.2, -0.15) is 0 Å². The summed E-state index contributed by atoms with van der Waals surface area (Å²) in [6, 6.07) is 8.23. The maximum atomic E-state index is 12.5. The molecule has 1 heterocycles. The molecular formula is C24H38N2O3. The third-order valence-corrected chi connectivity index (χ3v) is 6.37.